The molecule has 11 heteroatoms. The number of hydrogen-bond acceptors (Lipinski definition) is 8. The van der Waals surface area contributed by atoms with E-state index in [0.717, 1.165) is 37.6 Å². The second kappa shape index (κ2) is 8.86. The van der Waals surface area contributed by atoms with Crippen LogP contribution in [0.3, 0.4) is 0 Å². The number of imidazole rings is 1. The van der Waals surface area contributed by atoms with Gasteiger partial charge in [-0.3, -0.25) is 4.57 Å². The molecule has 6 rings (SSSR count). The Morgan fingerprint density at radius 1 is 1.14 bits per heavy atom. The number of fused-ring (bicyclic) bond motifs is 2. The number of aromatic nitrogens is 4. The molecular formula is C24H25ClFN9. The molecule has 0 spiro atoms. The highest BCUT2D eigenvalue weighted by molar-refractivity contribution is 6.31. The molecular weight excluding hydrogens is 469 g/mol. The Kier molecular flexibility index (Phi) is 5.54. The van der Waals surface area contributed by atoms with Crippen LogP contribution in [-0.2, 0) is 0 Å². The SMILES string of the molecule is CN1c2cc(Cl)ccc2NC1CNc1nc(N2CCNCC2)nc2c1ncn2-c1cccc(F)c1. The third kappa shape index (κ3) is 4.08. The first-order valence-electron chi connectivity index (χ1n) is 11.6. The molecule has 0 aliphatic carbocycles. The van der Waals surface area contributed by atoms with E-state index in [9.17, 15) is 4.39 Å². The number of piperazine rings is 1. The van der Waals surface area contributed by atoms with Crippen LogP contribution in [0.4, 0.5) is 27.5 Å². The summed E-state index contributed by atoms with van der Waals surface area (Å²) in [6.45, 7) is 3.92. The van der Waals surface area contributed by atoms with Gasteiger partial charge in [-0.15, -0.1) is 0 Å². The fourth-order valence-corrected chi connectivity index (χ4v) is 4.74. The lowest BCUT2D eigenvalue weighted by atomic mass is 10.3. The van der Waals surface area contributed by atoms with Gasteiger partial charge < -0.3 is 25.8 Å². The lowest BCUT2D eigenvalue weighted by Gasteiger charge is -2.28. The first-order valence-corrected chi connectivity index (χ1v) is 11.9. The second-order valence-electron chi connectivity index (χ2n) is 8.69. The van der Waals surface area contributed by atoms with Crippen LogP contribution in [0.2, 0.25) is 5.02 Å². The summed E-state index contributed by atoms with van der Waals surface area (Å²) in [5.74, 6) is 0.958. The lowest BCUT2D eigenvalue weighted by molar-refractivity contribution is 0.580. The number of benzene rings is 2. The fourth-order valence-electron chi connectivity index (χ4n) is 4.58. The van der Waals surface area contributed by atoms with Crippen molar-refractivity contribution in [3.63, 3.8) is 0 Å². The van der Waals surface area contributed by atoms with Gasteiger partial charge in [0.05, 0.1) is 23.6 Å². The summed E-state index contributed by atoms with van der Waals surface area (Å²) in [5.41, 5.74) is 4.01. The van der Waals surface area contributed by atoms with Crippen LogP contribution in [0.1, 0.15) is 0 Å². The van der Waals surface area contributed by atoms with E-state index in [2.05, 4.69) is 30.7 Å². The van der Waals surface area contributed by atoms with Gasteiger partial charge in [0.1, 0.15) is 18.3 Å². The number of hydrogen-bond donors (Lipinski definition) is 3. The number of halogens is 2. The monoisotopic (exact) mass is 493 g/mol. The smallest absolute Gasteiger partial charge is 0.229 e. The van der Waals surface area contributed by atoms with Gasteiger partial charge in [-0.05, 0) is 36.4 Å². The molecule has 0 amide bonds. The van der Waals surface area contributed by atoms with E-state index < -0.39 is 0 Å². The van der Waals surface area contributed by atoms with Crippen LogP contribution in [-0.4, -0.2) is 65.5 Å². The Morgan fingerprint density at radius 2 is 2.00 bits per heavy atom. The Balaban J connectivity index is 1.35. The van der Waals surface area contributed by atoms with Crippen molar-refractivity contribution in [3.8, 4) is 5.69 Å². The second-order valence-corrected chi connectivity index (χ2v) is 9.13. The van der Waals surface area contributed by atoms with Gasteiger partial charge in [-0.2, -0.15) is 9.97 Å². The van der Waals surface area contributed by atoms with E-state index in [0.29, 0.717) is 40.2 Å². The molecule has 0 radical (unpaired) electrons. The third-order valence-electron chi connectivity index (χ3n) is 6.46. The number of likely N-dealkylation sites (N-methyl/N-ethyl adjacent to an activating group) is 1. The number of nitrogens with zero attached hydrogens (tertiary/aromatic N) is 6. The predicted molar refractivity (Wildman–Crippen MR) is 137 cm³/mol. The van der Waals surface area contributed by atoms with Crippen LogP contribution in [0.15, 0.2) is 48.8 Å². The van der Waals surface area contributed by atoms with Gasteiger partial charge >= 0.3 is 0 Å². The fraction of sp³-hybridized carbons (Fsp3) is 0.292. The Labute approximate surface area is 206 Å². The van der Waals surface area contributed by atoms with E-state index in [1.807, 2.05) is 31.3 Å². The summed E-state index contributed by atoms with van der Waals surface area (Å²) in [6, 6.07) is 12.2. The predicted octanol–water partition coefficient (Wildman–Crippen LogP) is 3.32. The van der Waals surface area contributed by atoms with Crippen molar-refractivity contribution < 1.29 is 4.39 Å². The molecule has 1 unspecified atom stereocenters. The molecule has 4 heterocycles. The average Bonchev–Trinajstić information content (AvgIpc) is 3.44. The van der Waals surface area contributed by atoms with E-state index in [1.54, 1.807) is 17.0 Å². The maximum atomic E-state index is 14.0. The Hall–Kier alpha value is -3.63. The average molecular weight is 494 g/mol. The van der Waals surface area contributed by atoms with Crippen molar-refractivity contribution in [3.05, 3.63) is 59.6 Å². The highest BCUT2D eigenvalue weighted by atomic mass is 35.5. The van der Waals surface area contributed by atoms with Gasteiger partial charge in [-0.25, -0.2) is 9.37 Å². The number of rotatable bonds is 5. The van der Waals surface area contributed by atoms with E-state index >= 15 is 0 Å². The van der Waals surface area contributed by atoms with Crippen molar-refractivity contribution >= 4 is 45.9 Å². The van der Waals surface area contributed by atoms with Crippen LogP contribution < -0.4 is 25.8 Å². The van der Waals surface area contributed by atoms with Crippen molar-refractivity contribution in [1.29, 1.82) is 0 Å². The summed E-state index contributed by atoms with van der Waals surface area (Å²) >= 11 is 6.20. The quantitative estimate of drug-likeness (QED) is 0.390. The lowest BCUT2D eigenvalue weighted by Crippen LogP contribution is -2.44. The number of anilines is 4. The minimum absolute atomic E-state index is 0.00132. The van der Waals surface area contributed by atoms with Crippen molar-refractivity contribution in [2.45, 2.75) is 6.17 Å². The Bertz CT molecular complexity index is 1380. The molecule has 4 aromatic rings. The minimum atomic E-state index is -0.311. The van der Waals surface area contributed by atoms with Gasteiger partial charge in [0.25, 0.3) is 0 Å². The molecule has 0 bridgehead atoms. The molecule has 2 aliphatic heterocycles. The summed E-state index contributed by atoms with van der Waals surface area (Å²) in [4.78, 5) is 18.6. The van der Waals surface area contributed by atoms with Crippen LogP contribution in [0, 0.1) is 5.82 Å². The zero-order valence-corrected chi connectivity index (χ0v) is 19.9. The molecule has 35 heavy (non-hydrogen) atoms. The van der Waals surface area contributed by atoms with Crippen LogP contribution in [0.5, 0.6) is 0 Å². The summed E-state index contributed by atoms with van der Waals surface area (Å²) in [7, 11) is 2.03. The van der Waals surface area contributed by atoms with Crippen molar-refractivity contribution in [2.75, 3.05) is 60.2 Å². The Morgan fingerprint density at radius 3 is 2.83 bits per heavy atom. The first-order chi connectivity index (χ1) is 17.1. The molecule has 180 valence electrons. The first kappa shape index (κ1) is 21.9. The molecule has 0 saturated carbocycles. The molecule has 3 N–H and O–H groups in total. The molecule has 2 aliphatic rings. The number of nitrogens with one attached hydrogen (secondary N) is 3. The van der Waals surface area contributed by atoms with E-state index in [-0.39, 0.29) is 12.0 Å². The van der Waals surface area contributed by atoms with Gasteiger partial charge in [0.15, 0.2) is 17.0 Å². The maximum Gasteiger partial charge on any atom is 0.229 e. The molecule has 9 nitrogen and oxygen atoms in total. The van der Waals surface area contributed by atoms with Gasteiger partial charge in [-0.1, -0.05) is 17.7 Å². The minimum Gasteiger partial charge on any atom is -0.364 e. The van der Waals surface area contributed by atoms with Gasteiger partial charge in [0, 0.05) is 38.2 Å². The highest BCUT2D eigenvalue weighted by Crippen LogP contribution is 2.35. The van der Waals surface area contributed by atoms with Crippen molar-refractivity contribution in [1.82, 2.24) is 24.8 Å². The standard InChI is InChI=1S/C24H25ClFN9/c1-33-19-11-15(25)5-6-18(19)30-20(33)13-28-22-21-23(32-24(31-22)34-9-7-27-8-10-34)35(14-29-21)17-4-2-3-16(26)12-17/h2-6,11-12,14,20,27,30H,7-10,13H2,1H3,(H,28,31,32). The molecule has 2 aromatic carbocycles. The maximum absolute atomic E-state index is 14.0. The molecule has 1 atom stereocenters. The summed E-state index contributed by atoms with van der Waals surface area (Å²) < 4.78 is 15.8. The zero-order valence-electron chi connectivity index (χ0n) is 19.2. The van der Waals surface area contributed by atoms with Gasteiger partial charge in [0.2, 0.25) is 5.95 Å². The van der Waals surface area contributed by atoms with Crippen LogP contribution in [0.25, 0.3) is 16.9 Å². The summed E-state index contributed by atoms with van der Waals surface area (Å²) in [6.07, 6.45) is 1.67. The van der Waals surface area contributed by atoms with Crippen molar-refractivity contribution in [2.24, 2.45) is 0 Å². The van der Waals surface area contributed by atoms with E-state index in [4.69, 9.17) is 21.6 Å². The molecule has 1 fully saturated rings. The van der Waals surface area contributed by atoms with Crippen LogP contribution >= 0.6 is 11.6 Å². The molecule has 1 saturated heterocycles. The zero-order chi connectivity index (χ0) is 23.9. The highest BCUT2D eigenvalue weighted by Gasteiger charge is 2.27. The molecule has 2 aromatic heterocycles. The summed E-state index contributed by atoms with van der Waals surface area (Å²) in [5, 5.41) is 11.1. The topological polar surface area (TPSA) is 86.2 Å². The third-order valence-corrected chi connectivity index (χ3v) is 6.70. The normalized spacial score (nSPS) is 17.5. The van der Waals surface area contributed by atoms with E-state index in [1.165, 1.54) is 12.1 Å². The largest absolute Gasteiger partial charge is 0.364 e.